The number of benzene rings is 3. The van der Waals surface area contributed by atoms with E-state index in [-0.39, 0.29) is 18.1 Å². The highest BCUT2D eigenvalue weighted by Gasteiger charge is 2.21. The van der Waals surface area contributed by atoms with Crippen LogP contribution in [0.4, 0.5) is 10.1 Å². The SMILES string of the molecule is CS(=O)(=O)N(Cc1ccc(C(=O)NCc2ccc(Cl)cc2)cc1)c1ccccc1F. The maximum Gasteiger partial charge on any atom is 0.251 e. The van der Waals surface area contributed by atoms with Crippen LogP contribution in [0, 0.1) is 5.82 Å². The van der Waals surface area contributed by atoms with Gasteiger partial charge in [-0.2, -0.15) is 0 Å². The molecule has 0 aliphatic carbocycles. The van der Waals surface area contributed by atoms with Crippen molar-refractivity contribution in [3.05, 3.63) is 100 Å². The molecule has 0 unspecified atom stereocenters. The second-order valence-corrected chi connectivity index (χ2v) is 9.07. The van der Waals surface area contributed by atoms with Crippen molar-refractivity contribution in [3.8, 4) is 0 Å². The highest BCUT2D eigenvalue weighted by Crippen LogP contribution is 2.24. The monoisotopic (exact) mass is 446 g/mol. The number of rotatable bonds is 7. The molecular formula is C22H20ClFN2O3S. The molecule has 0 heterocycles. The number of halogens is 2. The van der Waals surface area contributed by atoms with Gasteiger partial charge in [-0.05, 0) is 47.5 Å². The van der Waals surface area contributed by atoms with Gasteiger partial charge in [-0.1, -0.05) is 48.0 Å². The lowest BCUT2D eigenvalue weighted by atomic mass is 10.1. The van der Waals surface area contributed by atoms with E-state index in [1.54, 1.807) is 42.5 Å². The number of hydrogen-bond donors (Lipinski definition) is 1. The molecule has 0 spiro atoms. The smallest absolute Gasteiger partial charge is 0.251 e. The summed E-state index contributed by atoms with van der Waals surface area (Å²) in [5.41, 5.74) is 1.95. The van der Waals surface area contributed by atoms with Crippen LogP contribution in [-0.2, 0) is 23.1 Å². The largest absolute Gasteiger partial charge is 0.348 e. The van der Waals surface area contributed by atoms with E-state index in [2.05, 4.69) is 5.32 Å². The molecule has 1 N–H and O–H groups in total. The van der Waals surface area contributed by atoms with Gasteiger partial charge >= 0.3 is 0 Å². The first-order valence-corrected chi connectivity index (χ1v) is 11.3. The Kier molecular flexibility index (Phi) is 6.74. The number of nitrogens with one attached hydrogen (secondary N) is 1. The van der Waals surface area contributed by atoms with Gasteiger partial charge in [0.1, 0.15) is 5.82 Å². The Hall–Kier alpha value is -2.90. The van der Waals surface area contributed by atoms with E-state index in [1.807, 2.05) is 12.1 Å². The van der Waals surface area contributed by atoms with Gasteiger partial charge in [-0.3, -0.25) is 9.10 Å². The summed E-state index contributed by atoms with van der Waals surface area (Å²) in [5.74, 6) is -0.883. The second-order valence-electron chi connectivity index (χ2n) is 6.73. The third kappa shape index (κ3) is 5.58. The number of para-hydroxylation sites is 1. The fourth-order valence-electron chi connectivity index (χ4n) is 2.85. The summed E-state index contributed by atoms with van der Waals surface area (Å²) < 4.78 is 39.5. The van der Waals surface area contributed by atoms with Crippen molar-refractivity contribution in [2.45, 2.75) is 13.1 Å². The lowest BCUT2D eigenvalue weighted by molar-refractivity contribution is 0.0951. The standard InChI is InChI=1S/C22H20ClFN2O3S/c1-30(28,29)26(21-5-3-2-4-20(21)24)15-17-6-10-18(11-7-17)22(27)25-14-16-8-12-19(23)13-9-16/h2-13H,14-15H2,1H3,(H,25,27). The summed E-state index contributed by atoms with van der Waals surface area (Å²) in [4.78, 5) is 12.4. The molecule has 0 aliphatic rings. The molecule has 0 fully saturated rings. The van der Waals surface area contributed by atoms with Crippen LogP contribution in [0.1, 0.15) is 21.5 Å². The van der Waals surface area contributed by atoms with Crippen LogP contribution in [0.3, 0.4) is 0 Å². The zero-order valence-corrected chi connectivity index (χ0v) is 17.8. The first kappa shape index (κ1) is 21.8. The molecule has 156 valence electrons. The molecule has 3 rings (SSSR count). The van der Waals surface area contributed by atoms with E-state index in [1.165, 1.54) is 18.2 Å². The van der Waals surface area contributed by atoms with Crippen LogP contribution in [0.5, 0.6) is 0 Å². The summed E-state index contributed by atoms with van der Waals surface area (Å²) in [6.45, 7) is 0.305. The molecule has 0 aliphatic heterocycles. The number of hydrogen-bond acceptors (Lipinski definition) is 3. The average Bonchev–Trinajstić information content (AvgIpc) is 2.72. The van der Waals surface area contributed by atoms with E-state index in [0.717, 1.165) is 16.1 Å². The van der Waals surface area contributed by atoms with Crippen molar-refractivity contribution in [1.82, 2.24) is 5.32 Å². The number of carbonyl (C=O) groups excluding carboxylic acids is 1. The lowest BCUT2D eigenvalue weighted by Crippen LogP contribution is -2.30. The fourth-order valence-corrected chi connectivity index (χ4v) is 3.86. The molecule has 3 aromatic carbocycles. The Morgan fingerprint density at radius 1 is 0.967 bits per heavy atom. The number of anilines is 1. The van der Waals surface area contributed by atoms with E-state index in [0.29, 0.717) is 22.7 Å². The van der Waals surface area contributed by atoms with E-state index >= 15 is 0 Å². The third-order valence-electron chi connectivity index (χ3n) is 4.43. The number of sulfonamides is 1. The second kappa shape index (κ2) is 9.28. The van der Waals surface area contributed by atoms with Gasteiger partial charge < -0.3 is 5.32 Å². The van der Waals surface area contributed by atoms with Crippen molar-refractivity contribution in [2.75, 3.05) is 10.6 Å². The molecule has 0 bridgehead atoms. The molecule has 8 heteroatoms. The van der Waals surface area contributed by atoms with Gasteiger partial charge in [0.25, 0.3) is 5.91 Å². The Balaban J connectivity index is 1.70. The Labute approximate surface area is 180 Å². The molecule has 3 aromatic rings. The van der Waals surface area contributed by atoms with Gasteiger partial charge in [0.2, 0.25) is 10.0 Å². The molecule has 0 atom stereocenters. The number of nitrogens with zero attached hydrogens (tertiary/aromatic N) is 1. The topological polar surface area (TPSA) is 66.5 Å². The van der Waals surface area contributed by atoms with Crippen LogP contribution in [-0.4, -0.2) is 20.6 Å². The average molecular weight is 447 g/mol. The molecule has 1 amide bonds. The van der Waals surface area contributed by atoms with Crippen molar-refractivity contribution in [2.24, 2.45) is 0 Å². The highest BCUT2D eigenvalue weighted by molar-refractivity contribution is 7.92. The Morgan fingerprint density at radius 2 is 1.57 bits per heavy atom. The van der Waals surface area contributed by atoms with Crippen LogP contribution >= 0.6 is 11.6 Å². The van der Waals surface area contributed by atoms with Crippen LogP contribution < -0.4 is 9.62 Å². The normalized spacial score (nSPS) is 11.2. The van der Waals surface area contributed by atoms with Crippen LogP contribution in [0.15, 0.2) is 72.8 Å². The molecule has 5 nitrogen and oxygen atoms in total. The van der Waals surface area contributed by atoms with E-state index in [9.17, 15) is 17.6 Å². The summed E-state index contributed by atoms with van der Waals surface area (Å²) >= 11 is 5.85. The molecule has 30 heavy (non-hydrogen) atoms. The molecule has 0 saturated heterocycles. The maximum absolute atomic E-state index is 14.1. The molecule has 0 saturated carbocycles. The Bertz CT molecular complexity index is 1130. The maximum atomic E-state index is 14.1. The minimum Gasteiger partial charge on any atom is -0.348 e. The lowest BCUT2D eigenvalue weighted by Gasteiger charge is -2.23. The van der Waals surface area contributed by atoms with Crippen LogP contribution in [0.2, 0.25) is 5.02 Å². The minimum absolute atomic E-state index is 0.0233. The number of amides is 1. The third-order valence-corrected chi connectivity index (χ3v) is 5.81. The fraction of sp³-hybridized carbons (Fsp3) is 0.136. The van der Waals surface area contributed by atoms with Crippen molar-refractivity contribution in [3.63, 3.8) is 0 Å². The van der Waals surface area contributed by atoms with Crippen molar-refractivity contribution in [1.29, 1.82) is 0 Å². The van der Waals surface area contributed by atoms with Crippen molar-refractivity contribution >= 4 is 33.2 Å². The zero-order chi connectivity index (χ0) is 21.7. The van der Waals surface area contributed by atoms with Crippen LogP contribution in [0.25, 0.3) is 0 Å². The highest BCUT2D eigenvalue weighted by atomic mass is 35.5. The van der Waals surface area contributed by atoms with E-state index < -0.39 is 15.8 Å². The van der Waals surface area contributed by atoms with Crippen molar-refractivity contribution < 1.29 is 17.6 Å². The molecule has 0 radical (unpaired) electrons. The minimum atomic E-state index is -3.70. The van der Waals surface area contributed by atoms with Gasteiger partial charge in [-0.15, -0.1) is 0 Å². The summed E-state index contributed by atoms with van der Waals surface area (Å²) in [6, 6.07) is 19.4. The summed E-state index contributed by atoms with van der Waals surface area (Å²) in [7, 11) is -3.70. The first-order valence-electron chi connectivity index (χ1n) is 9.08. The predicted molar refractivity (Wildman–Crippen MR) is 116 cm³/mol. The van der Waals surface area contributed by atoms with Gasteiger partial charge in [0.05, 0.1) is 18.5 Å². The quantitative estimate of drug-likeness (QED) is 0.585. The van der Waals surface area contributed by atoms with Gasteiger partial charge in [-0.25, -0.2) is 12.8 Å². The first-order chi connectivity index (χ1) is 14.2. The van der Waals surface area contributed by atoms with Gasteiger partial charge in [0.15, 0.2) is 0 Å². The predicted octanol–water partition coefficient (Wildman–Crippen LogP) is 4.38. The summed E-state index contributed by atoms with van der Waals surface area (Å²) in [5, 5.41) is 3.44. The Morgan fingerprint density at radius 3 is 2.17 bits per heavy atom. The zero-order valence-electron chi connectivity index (χ0n) is 16.2. The number of carbonyl (C=O) groups is 1. The summed E-state index contributed by atoms with van der Waals surface area (Å²) in [6.07, 6.45) is 1.03. The van der Waals surface area contributed by atoms with E-state index in [4.69, 9.17) is 11.6 Å². The molecular weight excluding hydrogens is 427 g/mol. The molecule has 0 aromatic heterocycles. The van der Waals surface area contributed by atoms with Gasteiger partial charge in [0, 0.05) is 17.1 Å².